The monoisotopic (exact) mass is 330 g/mol. The average Bonchev–Trinajstić information content (AvgIpc) is 2.59. The molecule has 4 rings (SSSR count). The van der Waals surface area contributed by atoms with Gasteiger partial charge >= 0.3 is 0 Å². The summed E-state index contributed by atoms with van der Waals surface area (Å²) in [5, 5.41) is 1.71. The third kappa shape index (κ3) is 2.44. The van der Waals surface area contributed by atoms with E-state index in [1.807, 2.05) is 30.3 Å². The molecule has 0 radical (unpaired) electrons. The number of rotatable bonds is 2. The molecule has 0 fully saturated rings. The van der Waals surface area contributed by atoms with Crippen LogP contribution in [0.4, 0.5) is 0 Å². The van der Waals surface area contributed by atoms with Crippen molar-refractivity contribution >= 4 is 31.5 Å². The number of hydrogen-bond donors (Lipinski definition) is 0. The van der Waals surface area contributed by atoms with Gasteiger partial charge in [-0.2, -0.15) is 0 Å². The maximum absolute atomic E-state index is 13.0. The summed E-state index contributed by atoms with van der Waals surface area (Å²) < 4.78 is 2.15. The molecule has 118 valence electrons. The third-order valence-corrected chi connectivity index (χ3v) is 5.82. The van der Waals surface area contributed by atoms with E-state index in [0.717, 1.165) is 32.2 Å². The Morgan fingerprint density at radius 1 is 0.875 bits per heavy atom. The van der Waals surface area contributed by atoms with Gasteiger partial charge in [-0.15, -0.1) is 11.3 Å². The molecule has 0 aliphatic rings. The molecule has 0 spiro atoms. The molecule has 0 aliphatic carbocycles. The van der Waals surface area contributed by atoms with Crippen LogP contribution < -0.4 is 5.43 Å². The summed E-state index contributed by atoms with van der Waals surface area (Å²) >= 11 is 1.71. The van der Waals surface area contributed by atoms with Crippen molar-refractivity contribution in [2.24, 2.45) is 0 Å². The lowest BCUT2D eigenvalue weighted by atomic mass is 9.93. The first-order chi connectivity index (χ1) is 11.6. The summed E-state index contributed by atoms with van der Waals surface area (Å²) in [6.07, 6.45) is 0.866. The Morgan fingerprint density at radius 2 is 1.58 bits per heavy atom. The summed E-state index contributed by atoms with van der Waals surface area (Å²) in [5.41, 5.74) is 5.09. The molecule has 1 nitrogen and oxygen atoms in total. The minimum Gasteiger partial charge on any atom is -0.288 e. The zero-order chi connectivity index (χ0) is 16.7. The molecule has 4 aromatic rings. The fourth-order valence-corrected chi connectivity index (χ4v) is 4.66. The van der Waals surface area contributed by atoms with Crippen molar-refractivity contribution in [1.29, 1.82) is 0 Å². The molecule has 3 aromatic carbocycles. The highest BCUT2D eigenvalue weighted by Gasteiger charge is 2.13. The van der Waals surface area contributed by atoms with Crippen LogP contribution in [-0.4, -0.2) is 0 Å². The van der Waals surface area contributed by atoms with Gasteiger partial charge in [-0.25, -0.2) is 0 Å². The standard InChI is InChI=1S/C22H18OS/c1-14-12-20-21(22(23)17-10-6-7-11-19(17)24-20)15(2)18(14)13-16-8-4-3-5-9-16/h3-12H,13H2,1-2H3. The first-order valence-electron chi connectivity index (χ1n) is 8.13. The van der Waals surface area contributed by atoms with E-state index in [4.69, 9.17) is 0 Å². The van der Waals surface area contributed by atoms with Crippen molar-refractivity contribution in [3.63, 3.8) is 0 Å². The molecule has 1 heterocycles. The maximum atomic E-state index is 13.0. The van der Waals surface area contributed by atoms with Gasteiger partial charge in [0, 0.05) is 20.2 Å². The SMILES string of the molecule is Cc1cc2sc3ccccc3c(=O)c2c(C)c1Cc1ccccc1. The van der Waals surface area contributed by atoms with Crippen LogP contribution >= 0.6 is 11.3 Å². The average molecular weight is 330 g/mol. The summed E-state index contributed by atoms with van der Waals surface area (Å²) in [7, 11) is 0. The molecular formula is C22H18OS. The highest BCUT2D eigenvalue weighted by Crippen LogP contribution is 2.31. The summed E-state index contributed by atoms with van der Waals surface area (Å²) in [6.45, 7) is 4.24. The van der Waals surface area contributed by atoms with Gasteiger partial charge < -0.3 is 0 Å². The third-order valence-electron chi connectivity index (χ3n) is 4.70. The highest BCUT2D eigenvalue weighted by atomic mass is 32.1. The van der Waals surface area contributed by atoms with Crippen LogP contribution in [-0.2, 0) is 6.42 Å². The van der Waals surface area contributed by atoms with Crippen LogP contribution in [0.25, 0.3) is 20.2 Å². The Balaban J connectivity index is 2.01. The number of benzene rings is 3. The van der Waals surface area contributed by atoms with Crippen molar-refractivity contribution in [3.05, 3.63) is 93.1 Å². The normalized spacial score (nSPS) is 11.2. The molecule has 24 heavy (non-hydrogen) atoms. The molecule has 0 unspecified atom stereocenters. The van der Waals surface area contributed by atoms with Crippen molar-refractivity contribution in [3.8, 4) is 0 Å². The molecule has 0 N–H and O–H groups in total. The molecule has 0 aliphatic heterocycles. The van der Waals surface area contributed by atoms with Gasteiger partial charge in [-0.05, 0) is 60.7 Å². The van der Waals surface area contributed by atoms with Gasteiger partial charge in [-0.3, -0.25) is 4.79 Å². The van der Waals surface area contributed by atoms with Crippen LogP contribution in [0.15, 0.2) is 65.5 Å². The highest BCUT2D eigenvalue weighted by molar-refractivity contribution is 7.24. The van der Waals surface area contributed by atoms with E-state index in [1.165, 1.54) is 16.7 Å². The fraction of sp³-hybridized carbons (Fsp3) is 0.136. The first kappa shape index (κ1) is 15.1. The van der Waals surface area contributed by atoms with Crippen LogP contribution in [0, 0.1) is 13.8 Å². The second-order valence-electron chi connectivity index (χ2n) is 6.26. The topological polar surface area (TPSA) is 17.1 Å². The van der Waals surface area contributed by atoms with Gasteiger partial charge in [0.2, 0.25) is 0 Å². The lowest BCUT2D eigenvalue weighted by Crippen LogP contribution is -2.06. The molecule has 0 saturated carbocycles. The quantitative estimate of drug-likeness (QED) is 0.436. The molecule has 1 aromatic heterocycles. The lowest BCUT2D eigenvalue weighted by molar-refractivity contribution is 1.13. The predicted octanol–water partition coefficient (Wildman–Crippen LogP) is 5.62. The van der Waals surface area contributed by atoms with E-state index >= 15 is 0 Å². The van der Waals surface area contributed by atoms with Gasteiger partial charge in [-0.1, -0.05) is 42.5 Å². The molecule has 0 atom stereocenters. The van der Waals surface area contributed by atoms with Gasteiger partial charge in [0.15, 0.2) is 5.43 Å². The van der Waals surface area contributed by atoms with E-state index in [9.17, 15) is 4.79 Å². The van der Waals surface area contributed by atoms with Gasteiger partial charge in [0.05, 0.1) is 0 Å². The molecular weight excluding hydrogens is 312 g/mol. The van der Waals surface area contributed by atoms with Crippen molar-refractivity contribution < 1.29 is 0 Å². The van der Waals surface area contributed by atoms with Crippen molar-refractivity contribution in [2.45, 2.75) is 20.3 Å². The zero-order valence-electron chi connectivity index (χ0n) is 13.8. The Kier molecular flexibility index (Phi) is 3.70. The Labute approximate surface area is 145 Å². The van der Waals surface area contributed by atoms with E-state index in [1.54, 1.807) is 11.3 Å². The Morgan fingerprint density at radius 3 is 2.38 bits per heavy atom. The van der Waals surface area contributed by atoms with E-state index < -0.39 is 0 Å². The number of fused-ring (bicyclic) bond motifs is 2. The molecule has 2 heteroatoms. The minimum atomic E-state index is 0.158. The van der Waals surface area contributed by atoms with Crippen LogP contribution in [0.2, 0.25) is 0 Å². The van der Waals surface area contributed by atoms with E-state index in [0.29, 0.717) is 0 Å². The Bertz CT molecular complexity index is 1110. The lowest BCUT2D eigenvalue weighted by Gasteiger charge is -2.13. The molecule has 0 amide bonds. The van der Waals surface area contributed by atoms with Crippen LogP contribution in [0.1, 0.15) is 22.3 Å². The second-order valence-corrected chi connectivity index (χ2v) is 7.34. The number of aryl methyl sites for hydroxylation is 2. The largest absolute Gasteiger partial charge is 0.288 e. The minimum absolute atomic E-state index is 0.158. The summed E-state index contributed by atoms with van der Waals surface area (Å²) in [6, 6.07) is 20.5. The smallest absolute Gasteiger partial charge is 0.196 e. The van der Waals surface area contributed by atoms with Gasteiger partial charge in [0.1, 0.15) is 0 Å². The predicted molar refractivity (Wildman–Crippen MR) is 104 cm³/mol. The zero-order valence-corrected chi connectivity index (χ0v) is 14.6. The second kappa shape index (κ2) is 5.88. The molecule has 0 bridgehead atoms. The van der Waals surface area contributed by atoms with E-state index in [-0.39, 0.29) is 5.43 Å². The van der Waals surface area contributed by atoms with Crippen LogP contribution in [0.5, 0.6) is 0 Å². The van der Waals surface area contributed by atoms with Crippen LogP contribution in [0.3, 0.4) is 0 Å². The van der Waals surface area contributed by atoms with Crippen molar-refractivity contribution in [1.82, 2.24) is 0 Å². The van der Waals surface area contributed by atoms with Crippen molar-refractivity contribution in [2.75, 3.05) is 0 Å². The van der Waals surface area contributed by atoms with E-state index in [2.05, 4.69) is 44.2 Å². The number of hydrogen-bond acceptors (Lipinski definition) is 2. The maximum Gasteiger partial charge on any atom is 0.196 e. The first-order valence-corrected chi connectivity index (χ1v) is 8.95. The Hall–Kier alpha value is -2.45. The molecule has 0 saturated heterocycles. The summed E-state index contributed by atoms with van der Waals surface area (Å²) in [5.74, 6) is 0. The van der Waals surface area contributed by atoms with Gasteiger partial charge in [0.25, 0.3) is 0 Å². The summed E-state index contributed by atoms with van der Waals surface area (Å²) in [4.78, 5) is 13.0. The fourth-order valence-electron chi connectivity index (χ4n) is 3.42.